The van der Waals surface area contributed by atoms with Gasteiger partial charge in [0.25, 0.3) is 5.91 Å². The summed E-state index contributed by atoms with van der Waals surface area (Å²) in [5.41, 5.74) is 1.62. The molecule has 34 heavy (non-hydrogen) atoms. The van der Waals surface area contributed by atoms with Crippen molar-refractivity contribution < 1.29 is 28.6 Å². The highest BCUT2D eigenvalue weighted by Gasteiger charge is 2.22. The Bertz CT molecular complexity index is 1090. The van der Waals surface area contributed by atoms with Crippen molar-refractivity contribution in [3.05, 3.63) is 60.0 Å². The fraction of sp³-hybridized carbons (Fsp3) is 0.320. The Labute approximate surface area is 198 Å². The van der Waals surface area contributed by atoms with E-state index in [0.717, 1.165) is 5.92 Å². The lowest BCUT2D eigenvalue weighted by atomic mass is 10.1. The number of hydrogen-bond donors (Lipinski definition) is 2. The summed E-state index contributed by atoms with van der Waals surface area (Å²) in [5, 5.41) is 15.6. The van der Waals surface area contributed by atoms with Gasteiger partial charge in [0.05, 0.1) is 37.6 Å². The molecular weight excluding hydrogens is 441 g/mol. The van der Waals surface area contributed by atoms with Crippen LogP contribution < -0.4 is 14.8 Å². The monoisotopic (exact) mass is 471 g/mol. The summed E-state index contributed by atoms with van der Waals surface area (Å²) in [6.07, 6.45) is -0.211. The van der Waals surface area contributed by atoms with Gasteiger partial charge >= 0.3 is 5.97 Å². The van der Waals surface area contributed by atoms with Gasteiger partial charge in [-0.15, -0.1) is 0 Å². The van der Waals surface area contributed by atoms with Crippen LogP contribution in [0.25, 0.3) is 16.9 Å². The molecule has 0 aliphatic rings. The predicted molar refractivity (Wildman–Crippen MR) is 127 cm³/mol. The summed E-state index contributed by atoms with van der Waals surface area (Å²) in [7, 11) is 3.02. The van der Waals surface area contributed by atoms with Crippen molar-refractivity contribution in [3.8, 4) is 28.4 Å². The molecule has 2 aromatic carbocycles. The number of carbonyl (C=O) groups excluding carboxylic acids is 1. The molecule has 182 valence electrons. The largest absolute Gasteiger partial charge is 0.496 e. The van der Waals surface area contributed by atoms with E-state index in [1.807, 2.05) is 0 Å². The molecule has 0 saturated carbocycles. The van der Waals surface area contributed by atoms with Crippen LogP contribution in [0.2, 0.25) is 0 Å². The Morgan fingerprint density at radius 2 is 1.62 bits per heavy atom. The summed E-state index contributed by atoms with van der Waals surface area (Å²) >= 11 is 0. The first-order valence-corrected chi connectivity index (χ1v) is 10.7. The van der Waals surface area contributed by atoms with Crippen molar-refractivity contribution in [1.82, 2.24) is 15.1 Å². The Kier molecular flexibility index (Phi) is 9.61. The Morgan fingerprint density at radius 1 is 1.06 bits per heavy atom. The van der Waals surface area contributed by atoms with Crippen LogP contribution in [0, 0.1) is 11.7 Å². The highest BCUT2D eigenvalue weighted by molar-refractivity contribution is 5.94. The van der Waals surface area contributed by atoms with Crippen molar-refractivity contribution in [1.29, 1.82) is 0 Å². The van der Waals surface area contributed by atoms with Gasteiger partial charge in [0.15, 0.2) is 5.69 Å². The zero-order chi connectivity index (χ0) is 25.3. The minimum Gasteiger partial charge on any atom is -0.496 e. The van der Waals surface area contributed by atoms with Crippen LogP contribution in [-0.2, 0) is 4.79 Å². The maximum absolute atomic E-state index is 13.4. The first-order valence-electron chi connectivity index (χ1n) is 10.7. The molecule has 0 aliphatic carbocycles. The minimum absolute atomic E-state index is 0.0368. The number of rotatable bonds is 8. The van der Waals surface area contributed by atoms with Crippen LogP contribution in [0.1, 0.15) is 37.7 Å². The van der Waals surface area contributed by atoms with E-state index in [1.165, 1.54) is 43.2 Å². The lowest BCUT2D eigenvalue weighted by molar-refractivity contribution is -0.136. The molecule has 0 radical (unpaired) electrons. The number of hydrogen-bond acceptors (Lipinski definition) is 5. The van der Waals surface area contributed by atoms with Crippen LogP contribution >= 0.6 is 0 Å². The molecule has 1 amide bonds. The van der Waals surface area contributed by atoms with Gasteiger partial charge in [0.1, 0.15) is 17.3 Å². The molecule has 3 rings (SSSR count). The SMILES string of the molecule is CC(C)C.COc1cccc(OC)c1-c1cc(C(=O)NCCC(=O)O)nn1-c1ccc(F)cc1. The van der Waals surface area contributed by atoms with E-state index in [9.17, 15) is 14.0 Å². The lowest BCUT2D eigenvalue weighted by Gasteiger charge is -2.14. The summed E-state index contributed by atoms with van der Waals surface area (Å²) in [6, 6.07) is 12.4. The average Bonchev–Trinajstić information content (AvgIpc) is 3.23. The highest BCUT2D eigenvalue weighted by atomic mass is 19.1. The van der Waals surface area contributed by atoms with Crippen LogP contribution in [0.5, 0.6) is 11.5 Å². The number of aliphatic carboxylic acids is 1. The predicted octanol–water partition coefficient (Wildman–Crippen LogP) is 4.56. The molecule has 2 N–H and O–H groups in total. The van der Waals surface area contributed by atoms with Crippen molar-refractivity contribution in [2.45, 2.75) is 27.2 Å². The third kappa shape index (κ3) is 7.06. The first-order chi connectivity index (χ1) is 16.2. The highest BCUT2D eigenvalue weighted by Crippen LogP contribution is 2.39. The number of benzene rings is 2. The van der Waals surface area contributed by atoms with Gasteiger partial charge in [-0.25, -0.2) is 9.07 Å². The molecule has 0 fully saturated rings. The Hall–Kier alpha value is -3.88. The van der Waals surface area contributed by atoms with Gasteiger partial charge in [-0.1, -0.05) is 26.8 Å². The number of nitrogens with zero attached hydrogens (tertiary/aromatic N) is 2. The van der Waals surface area contributed by atoms with Gasteiger partial charge in [0, 0.05) is 6.54 Å². The van der Waals surface area contributed by atoms with Gasteiger partial charge in [-0.2, -0.15) is 5.10 Å². The van der Waals surface area contributed by atoms with Crippen molar-refractivity contribution in [2.75, 3.05) is 20.8 Å². The van der Waals surface area contributed by atoms with Gasteiger partial charge in [0.2, 0.25) is 0 Å². The smallest absolute Gasteiger partial charge is 0.305 e. The van der Waals surface area contributed by atoms with Crippen molar-refractivity contribution >= 4 is 11.9 Å². The number of carboxylic acids is 1. The normalized spacial score (nSPS) is 10.3. The van der Waals surface area contributed by atoms with E-state index in [2.05, 4.69) is 31.2 Å². The maximum atomic E-state index is 13.4. The molecular formula is C25H30FN3O5. The molecule has 3 aromatic rings. The van der Waals surface area contributed by atoms with Crippen LogP contribution in [0.4, 0.5) is 4.39 Å². The topological polar surface area (TPSA) is 103 Å². The quantitative estimate of drug-likeness (QED) is 0.499. The summed E-state index contributed by atoms with van der Waals surface area (Å²) in [6.45, 7) is 6.46. The summed E-state index contributed by atoms with van der Waals surface area (Å²) in [4.78, 5) is 23.2. The number of halogens is 1. The fourth-order valence-corrected chi connectivity index (χ4v) is 2.93. The number of carboxylic acid groups (broad SMARTS) is 1. The zero-order valence-corrected chi connectivity index (χ0v) is 20.0. The summed E-state index contributed by atoms with van der Waals surface area (Å²) in [5.74, 6) is -0.140. The minimum atomic E-state index is -1.02. The summed E-state index contributed by atoms with van der Waals surface area (Å²) < 4.78 is 25.8. The molecule has 9 heteroatoms. The second kappa shape index (κ2) is 12.4. The number of aromatic nitrogens is 2. The molecule has 1 heterocycles. The standard InChI is InChI=1S/C21H20FN3O5.C4H10/c1-29-17-4-3-5-18(30-2)20(17)16-12-15(21(28)23-11-10-19(26)27)24-25(16)14-8-6-13(22)7-9-14;1-4(2)3/h3-9,12H,10-11H2,1-2H3,(H,23,28)(H,26,27);4H,1-3H3. The number of carbonyl (C=O) groups is 2. The molecule has 8 nitrogen and oxygen atoms in total. The van der Waals surface area contributed by atoms with E-state index in [-0.39, 0.29) is 18.7 Å². The van der Waals surface area contributed by atoms with Gasteiger partial charge in [-0.05, 0) is 48.4 Å². The second-order valence-corrected chi connectivity index (χ2v) is 7.97. The van der Waals surface area contributed by atoms with Gasteiger partial charge in [-0.3, -0.25) is 9.59 Å². The Morgan fingerprint density at radius 3 is 2.12 bits per heavy atom. The third-order valence-corrected chi connectivity index (χ3v) is 4.32. The molecule has 0 spiro atoms. The lowest BCUT2D eigenvalue weighted by Crippen LogP contribution is -2.26. The third-order valence-electron chi connectivity index (χ3n) is 4.32. The van der Waals surface area contributed by atoms with Crippen LogP contribution in [0.3, 0.4) is 0 Å². The first kappa shape index (κ1) is 26.4. The molecule has 0 bridgehead atoms. The van der Waals surface area contributed by atoms with Crippen LogP contribution in [-0.4, -0.2) is 47.5 Å². The Balaban J connectivity index is 0.000000945. The molecule has 0 aliphatic heterocycles. The molecule has 0 unspecified atom stereocenters. The maximum Gasteiger partial charge on any atom is 0.305 e. The molecule has 0 saturated heterocycles. The molecule has 0 atom stereocenters. The van der Waals surface area contributed by atoms with Crippen LogP contribution in [0.15, 0.2) is 48.5 Å². The zero-order valence-electron chi connectivity index (χ0n) is 20.0. The number of methoxy groups -OCH3 is 2. The average molecular weight is 472 g/mol. The van der Waals surface area contributed by atoms with Crippen molar-refractivity contribution in [2.24, 2.45) is 5.92 Å². The van der Waals surface area contributed by atoms with E-state index < -0.39 is 17.7 Å². The number of nitrogens with one attached hydrogen (secondary N) is 1. The van der Waals surface area contributed by atoms with E-state index in [0.29, 0.717) is 28.4 Å². The van der Waals surface area contributed by atoms with Crippen molar-refractivity contribution in [3.63, 3.8) is 0 Å². The number of ether oxygens (including phenoxy) is 2. The second-order valence-electron chi connectivity index (χ2n) is 7.97. The van der Waals surface area contributed by atoms with E-state index in [1.54, 1.807) is 24.3 Å². The van der Waals surface area contributed by atoms with E-state index >= 15 is 0 Å². The molecule has 1 aromatic heterocycles. The number of amides is 1. The van der Waals surface area contributed by atoms with Gasteiger partial charge < -0.3 is 19.9 Å². The fourth-order valence-electron chi connectivity index (χ4n) is 2.93. The van der Waals surface area contributed by atoms with E-state index in [4.69, 9.17) is 14.6 Å².